The molecular weight excluding hydrogens is 349 g/mol. The Labute approximate surface area is 137 Å². The van der Waals surface area contributed by atoms with Gasteiger partial charge in [-0.15, -0.1) is 0 Å². The molecule has 2 aromatic rings. The molecule has 0 heterocycles. The largest absolute Gasteiger partial charge is 0.478 e. The summed E-state index contributed by atoms with van der Waals surface area (Å²) in [5.41, 5.74) is 0.223. The Morgan fingerprint density at radius 1 is 1.09 bits per heavy atom. The van der Waals surface area contributed by atoms with Gasteiger partial charge in [0.05, 0.1) is 27.0 Å². The summed E-state index contributed by atoms with van der Waals surface area (Å²) in [6.45, 7) is 0. The molecule has 0 bridgehead atoms. The van der Waals surface area contributed by atoms with E-state index in [0.717, 1.165) is 0 Å². The highest BCUT2D eigenvalue weighted by Crippen LogP contribution is 2.32. The smallest absolute Gasteiger partial charge is 0.338 e. The van der Waals surface area contributed by atoms with E-state index in [4.69, 9.17) is 28.3 Å². The van der Waals surface area contributed by atoms with Crippen LogP contribution < -0.4 is 4.72 Å². The van der Waals surface area contributed by atoms with Crippen LogP contribution in [0, 0.1) is 0 Å². The van der Waals surface area contributed by atoms with Crippen molar-refractivity contribution in [3.05, 3.63) is 63.6 Å². The maximum absolute atomic E-state index is 12.1. The third kappa shape index (κ3) is 3.91. The van der Waals surface area contributed by atoms with Crippen LogP contribution in [0.4, 0.5) is 5.69 Å². The number of carboxylic acids is 1. The molecular formula is C14H11Cl2NO4S. The van der Waals surface area contributed by atoms with E-state index in [1.54, 1.807) is 30.3 Å². The number of nitrogens with one attached hydrogen (secondary N) is 1. The van der Waals surface area contributed by atoms with Gasteiger partial charge in [-0.25, -0.2) is 13.2 Å². The van der Waals surface area contributed by atoms with Crippen molar-refractivity contribution in [1.82, 2.24) is 0 Å². The van der Waals surface area contributed by atoms with E-state index in [2.05, 4.69) is 4.72 Å². The Balaban J connectivity index is 2.31. The van der Waals surface area contributed by atoms with E-state index in [9.17, 15) is 13.2 Å². The van der Waals surface area contributed by atoms with Gasteiger partial charge < -0.3 is 5.11 Å². The monoisotopic (exact) mass is 359 g/mol. The number of anilines is 1. The first kappa shape index (κ1) is 16.6. The second-order valence-electron chi connectivity index (χ2n) is 4.44. The Kier molecular flexibility index (Phi) is 4.95. The van der Waals surface area contributed by atoms with Crippen molar-refractivity contribution >= 4 is 44.9 Å². The summed E-state index contributed by atoms with van der Waals surface area (Å²) >= 11 is 11.7. The minimum atomic E-state index is -3.74. The first-order valence-corrected chi connectivity index (χ1v) is 8.46. The fourth-order valence-corrected chi connectivity index (χ4v) is 3.67. The van der Waals surface area contributed by atoms with Crippen molar-refractivity contribution in [3.8, 4) is 0 Å². The molecule has 8 heteroatoms. The highest BCUT2D eigenvalue weighted by atomic mass is 35.5. The molecule has 2 N–H and O–H groups in total. The van der Waals surface area contributed by atoms with Crippen LogP contribution >= 0.6 is 23.2 Å². The molecule has 0 aliphatic carbocycles. The lowest BCUT2D eigenvalue weighted by Gasteiger charge is -2.12. The van der Waals surface area contributed by atoms with E-state index in [1.165, 1.54) is 12.1 Å². The number of carboxylic acid groups (broad SMARTS) is 1. The van der Waals surface area contributed by atoms with Crippen molar-refractivity contribution in [2.24, 2.45) is 0 Å². The number of halogens is 2. The van der Waals surface area contributed by atoms with Crippen LogP contribution in [0.2, 0.25) is 10.0 Å². The van der Waals surface area contributed by atoms with Gasteiger partial charge in [0, 0.05) is 0 Å². The summed E-state index contributed by atoms with van der Waals surface area (Å²) in [6, 6.07) is 11.2. The first-order valence-electron chi connectivity index (χ1n) is 6.06. The summed E-state index contributed by atoms with van der Waals surface area (Å²) < 4.78 is 26.6. The van der Waals surface area contributed by atoms with E-state index >= 15 is 0 Å². The van der Waals surface area contributed by atoms with Crippen molar-refractivity contribution in [2.45, 2.75) is 5.75 Å². The lowest BCUT2D eigenvalue weighted by molar-refractivity contribution is 0.0697. The molecule has 0 saturated heterocycles. The van der Waals surface area contributed by atoms with Gasteiger partial charge in [-0.05, 0) is 17.7 Å². The lowest BCUT2D eigenvalue weighted by atomic mass is 10.2. The molecule has 0 unspecified atom stereocenters. The molecule has 0 fully saturated rings. The van der Waals surface area contributed by atoms with Gasteiger partial charge in [0.15, 0.2) is 0 Å². The Bertz CT molecular complexity index is 807. The van der Waals surface area contributed by atoms with Crippen LogP contribution in [0.25, 0.3) is 0 Å². The van der Waals surface area contributed by atoms with Gasteiger partial charge >= 0.3 is 5.97 Å². The van der Waals surface area contributed by atoms with Crippen LogP contribution in [0.15, 0.2) is 42.5 Å². The molecule has 116 valence electrons. The van der Waals surface area contributed by atoms with Gasteiger partial charge in [0.1, 0.15) is 0 Å². The number of sulfonamides is 1. The summed E-state index contributed by atoms with van der Waals surface area (Å²) in [7, 11) is -3.74. The number of carbonyl (C=O) groups is 1. The molecule has 0 aromatic heterocycles. The minimum absolute atomic E-state index is 0.0283. The Morgan fingerprint density at radius 3 is 2.32 bits per heavy atom. The van der Waals surface area contributed by atoms with Crippen molar-refractivity contribution in [2.75, 3.05) is 4.72 Å². The SMILES string of the molecule is O=C(O)c1c(Cl)ccc(NS(=O)(=O)Cc2ccccc2)c1Cl. The first-order chi connectivity index (χ1) is 10.3. The average Bonchev–Trinajstić information content (AvgIpc) is 2.42. The normalized spacial score (nSPS) is 11.2. The lowest BCUT2D eigenvalue weighted by Crippen LogP contribution is -2.16. The number of aromatic carboxylic acids is 1. The van der Waals surface area contributed by atoms with Crippen LogP contribution in [0.1, 0.15) is 15.9 Å². The number of rotatable bonds is 5. The molecule has 0 spiro atoms. The number of hydrogen-bond acceptors (Lipinski definition) is 3. The third-order valence-corrected chi connectivity index (χ3v) is 4.72. The summed E-state index contributed by atoms with van der Waals surface area (Å²) in [5.74, 6) is -1.59. The van der Waals surface area contributed by atoms with Gasteiger partial charge in [0.25, 0.3) is 0 Å². The highest BCUT2D eigenvalue weighted by molar-refractivity contribution is 7.91. The fraction of sp³-hybridized carbons (Fsp3) is 0.0714. The molecule has 0 amide bonds. The molecule has 2 rings (SSSR count). The molecule has 0 aliphatic heterocycles. The molecule has 22 heavy (non-hydrogen) atoms. The van der Waals surface area contributed by atoms with Gasteiger partial charge in [-0.3, -0.25) is 4.72 Å². The second kappa shape index (κ2) is 6.56. The topological polar surface area (TPSA) is 83.5 Å². The van der Waals surface area contributed by atoms with Crippen molar-refractivity contribution in [1.29, 1.82) is 0 Å². The zero-order valence-corrected chi connectivity index (χ0v) is 13.4. The quantitative estimate of drug-likeness (QED) is 0.853. The van der Waals surface area contributed by atoms with Gasteiger partial charge in [-0.1, -0.05) is 53.5 Å². The van der Waals surface area contributed by atoms with Crippen molar-refractivity contribution in [3.63, 3.8) is 0 Å². The van der Waals surface area contributed by atoms with Gasteiger partial charge in [0.2, 0.25) is 10.0 Å². The van der Waals surface area contributed by atoms with Crippen molar-refractivity contribution < 1.29 is 18.3 Å². The Hall–Kier alpha value is -1.76. The molecule has 0 radical (unpaired) electrons. The molecule has 0 saturated carbocycles. The summed E-state index contributed by atoms with van der Waals surface area (Å²) in [6.07, 6.45) is 0. The molecule has 2 aromatic carbocycles. The van der Waals surface area contributed by atoms with Crippen LogP contribution in [0.3, 0.4) is 0 Å². The zero-order chi connectivity index (χ0) is 16.3. The van der Waals surface area contributed by atoms with E-state index in [1.807, 2.05) is 0 Å². The van der Waals surface area contributed by atoms with Crippen LogP contribution in [-0.2, 0) is 15.8 Å². The standard InChI is InChI=1S/C14H11Cl2NO4S/c15-10-6-7-11(13(16)12(10)14(18)19)17-22(20,21)8-9-4-2-1-3-5-9/h1-7,17H,8H2,(H,18,19). The molecule has 5 nitrogen and oxygen atoms in total. The highest BCUT2D eigenvalue weighted by Gasteiger charge is 2.20. The van der Waals surface area contributed by atoms with Gasteiger partial charge in [-0.2, -0.15) is 0 Å². The average molecular weight is 360 g/mol. The summed E-state index contributed by atoms with van der Waals surface area (Å²) in [4.78, 5) is 11.1. The minimum Gasteiger partial charge on any atom is -0.478 e. The van der Waals surface area contributed by atoms with E-state index < -0.39 is 16.0 Å². The fourth-order valence-electron chi connectivity index (χ4n) is 1.82. The predicted molar refractivity (Wildman–Crippen MR) is 86.1 cm³/mol. The second-order valence-corrected chi connectivity index (χ2v) is 6.94. The third-order valence-electron chi connectivity index (χ3n) is 2.77. The predicted octanol–water partition coefficient (Wildman–Crippen LogP) is 3.63. The maximum atomic E-state index is 12.1. The van der Waals surface area contributed by atoms with Crippen LogP contribution in [-0.4, -0.2) is 19.5 Å². The number of benzene rings is 2. The number of hydrogen-bond donors (Lipinski definition) is 2. The maximum Gasteiger partial charge on any atom is 0.338 e. The zero-order valence-electron chi connectivity index (χ0n) is 11.1. The summed E-state index contributed by atoms with van der Waals surface area (Å²) in [5, 5.41) is 8.74. The van der Waals surface area contributed by atoms with E-state index in [0.29, 0.717) is 5.56 Å². The Morgan fingerprint density at radius 2 is 1.73 bits per heavy atom. The van der Waals surface area contributed by atoms with Crippen LogP contribution in [0.5, 0.6) is 0 Å². The molecule has 0 atom stereocenters. The molecule has 0 aliphatic rings. The van der Waals surface area contributed by atoms with E-state index in [-0.39, 0.29) is 27.0 Å².